The summed E-state index contributed by atoms with van der Waals surface area (Å²) >= 11 is 0. The van der Waals surface area contributed by atoms with Gasteiger partial charge in [-0.2, -0.15) is 0 Å². The average Bonchev–Trinajstić information content (AvgIpc) is 2.91. The maximum absolute atomic E-state index is 12.5. The van der Waals surface area contributed by atoms with Crippen molar-refractivity contribution in [3.63, 3.8) is 0 Å². The third-order valence-corrected chi connectivity index (χ3v) is 4.30. The van der Waals surface area contributed by atoms with Gasteiger partial charge < -0.3 is 20.3 Å². The summed E-state index contributed by atoms with van der Waals surface area (Å²) in [6.45, 7) is 3.36. The van der Waals surface area contributed by atoms with Gasteiger partial charge >= 0.3 is 0 Å². The molecule has 1 heterocycles. The largest absolute Gasteiger partial charge is 0.385 e. The summed E-state index contributed by atoms with van der Waals surface area (Å²) in [4.78, 5) is 26.3. The number of benzene rings is 1. The molecule has 0 bridgehead atoms. The number of likely N-dealkylation sites (tertiary alicyclic amines) is 1. The van der Waals surface area contributed by atoms with E-state index in [4.69, 9.17) is 4.74 Å². The lowest BCUT2D eigenvalue weighted by Gasteiger charge is -2.20. The lowest BCUT2D eigenvalue weighted by molar-refractivity contribution is -0.115. The maximum atomic E-state index is 12.5. The molecule has 1 aliphatic heterocycles. The van der Waals surface area contributed by atoms with Gasteiger partial charge in [0.25, 0.3) is 5.91 Å². The van der Waals surface area contributed by atoms with Gasteiger partial charge in [-0.25, -0.2) is 0 Å². The molecular formula is C19H29N3O3. The lowest BCUT2D eigenvalue weighted by atomic mass is 10.1. The van der Waals surface area contributed by atoms with Crippen molar-refractivity contribution < 1.29 is 14.3 Å². The van der Waals surface area contributed by atoms with E-state index in [9.17, 15) is 9.59 Å². The van der Waals surface area contributed by atoms with Gasteiger partial charge in [0.2, 0.25) is 5.91 Å². The van der Waals surface area contributed by atoms with Crippen LogP contribution in [0.25, 0.3) is 0 Å². The number of nitrogens with one attached hydrogen (secondary N) is 2. The van der Waals surface area contributed by atoms with Crippen LogP contribution in [0.15, 0.2) is 24.3 Å². The van der Waals surface area contributed by atoms with Crippen LogP contribution < -0.4 is 10.6 Å². The van der Waals surface area contributed by atoms with Crippen LogP contribution >= 0.6 is 0 Å². The molecule has 138 valence electrons. The van der Waals surface area contributed by atoms with E-state index in [0.717, 1.165) is 38.9 Å². The van der Waals surface area contributed by atoms with E-state index < -0.39 is 0 Å². The van der Waals surface area contributed by atoms with E-state index in [1.165, 1.54) is 12.8 Å². The van der Waals surface area contributed by atoms with Gasteiger partial charge in [-0.15, -0.1) is 0 Å². The lowest BCUT2D eigenvalue weighted by Crippen LogP contribution is -2.31. The van der Waals surface area contributed by atoms with Gasteiger partial charge in [-0.05, 0) is 50.1 Å². The van der Waals surface area contributed by atoms with Crippen molar-refractivity contribution in [3.05, 3.63) is 29.8 Å². The predicted molar refractivity (Wildman–Crippen MR) is 98.8 cm³/mol. The summed E-state index contributed by atoms with van der Waals surface area (Å²) < 4.78 is 4.95. The number of methoxy groups -OCH3 is 1. The van der Waals surface area contributed by atoms with E-state index in [1.54, 1.807) is 31.4 Å². The maximum Gasteiger partial charge on any atom is 0.253 e. The van der Waals surface area contributed by atoms with Crippen molar-refractivity contribution >= 4 is 17.5 Å². The standard InChI is InChI=1S/C19H29N3O3/c1-25-14-6-11-20-15-18(23)21-17-9-7-16(8-10-17)19(24)22-12-4-2-3-5-13-22/h7-10,20H,2-6,11-15H2,1H3,(H,21,23). The van der Waals surface area contributed by atoms with Crippen molar-refractivity contribution in [2.75, 3.05) is 45.2 Å². The van der Waals surface area contributed by atoms with Crippen LogP contribution in [-0.2, 0) is 9.53 Å². The molecule has 0 aliphatic carbocycles. The molecule has 0 spiro atoms. The van der Waals surface area contributed by atoms with E-state index >= 15 is 0 Å². The number of hydrogen-bond acceptors (Lipinski definition) is 4. The van der Waals surface area contributed by atoms with Crippen LogP contribution in [0.1, 0.15) is 42.5 Å². The Morgan fingerprint density at radius 1 is 1.08 bits per heavy atom. The number of amides is 2. The fourth-order valence-corrected chi connectivity index (χ4v) is 2.90. The molecular weight excluding hydrogens is 318 g/mol. The number of ether oxygens (including phenoxy) is 1. The molecule has 2 amide bonds. The first-order valence-corrected chi connectivity index (χ1v) is 9.09. The van der Waals surface area contributed by atoms with Crippen molar-refractivity contribution in [2.24, 2.45) is 0 Å². The van der Waals surface area contributed by atoms with E-state index in [0.29, 0.717) is 17.9 Å². The third-order valence-electron chi connectivity index (χ3n) is 4.30. The van der Waals surface area contributed by atoms with Crippen molar-refractivity contribution in [1.29, 1.82) is 0 Å². The smallest absolute Gasteiger partial charge is 0.253 e. The third kappa shape index (κ3) is 6.84. The number of nitrogens with zero attached hydrogens (tertiary/aromatic N) is 1. The number of rotatable bonds is 8. The molecule has 0 saturated carbocycles. The zero-order valence-electron chi connectivity index (χ0n) is 15.1. The SMILES string of the molecule is COCCCNCC(=O)Nc1ccc(C(=O)N2CCCCCC2)cc1. The van der Waals surface area contributed by atoms with Crippen LogP contribution in [0.4, 0.5) is 5.69 Å². The molecule has 1 aromatic rings. The van der Waals surface area contributed by atoms with Crippen LogP contribution in [0.5, 0.6) is 0 Å². The van der Waals surface area contributed by atoms with Gasteiger partial charge in [0, 0.05) is 38.1 Å². The zero-order chi connectivity index (χ0) is 17.9. The average molecular weight is 347 g/mol. The molecule has 1 saturated heterocycles. The summed E-state index contributed by atoms with van der Waals surface area (Å²) in [5, 5.41) is 5.90. The van der Waals surface area contributed by atoms with E-state index in [2.05, 4.69) is 10.6 Å². The monoisotopic (exact) mass is 347 g/mol. The van der Waals surface area contributed by atoms with Crippen LogP contribution in [-0.4, -0.2) is 56.6 Å². The molecule has 2 rings (SSSR count). The van der Waals surface area contributed by atoms with Gasteiger partial charge in [-0.3, -0.25) is 9.59 Å². The van der Waals surface area contributed by atoms with E-state index in [-0.39, 0.29) is 18.4 Å². The Morgan fingerprint density at radius 3 is 2.40 bits per heavy atom. The molecule has 0 unspecified atom stereocenters. The van der Waals surface area contributed by atoms with Gasteiger partial charge in [0.15, 0.2) is 0 Å². The Balaban J connectivity index is 1.78. The predicted octanol–water partition coefficient (Wildman–Crippen LogP) is 2.27. The molecule has 1 fully saturated rings. The van der Waals surface area contributed by atoms with Crippen molar-refractivity contribution in [2.45, 2.75) is 32.1 Å². The second-order valence-corrected chi connectivity index (χ2v) is 6.36. The quantitative estimate of drug-likeness (QED) is 0.708. The highest BCUT2D eigenvalue weighted by molar-refractivity contribution is 5.96. The molecule has 0 radical (unpaired) electrons. The van der Waals surface area contributed by atoms with Crippen molar-refractivity contribution in [1.82, 2.24) is 10.2 Å². The Morgan fingerprint density at radius 2 is 1.76 bits per heavy atom. The Hall–Kier alpha value is -1.92. The van der Waals surface area contributed by atoms with E-state index in [1.807, 2.05) is 4.90 Å². The summed E-state index contributed by atoms with van der Waals surface area (Å²) in [6, 6.07) is 7.14. The topological polar surface area (TPSA) is 70.7 Å². The first-order chi connectivity index (χ1) is 12.2. The Labute approximate surface area is 149 Å². The molecule has 0 atom stereocenters. The second-order valence-electron chi connectivity index (χ2n) is 6.36. The highest BCUT2D eigenvalue weighted by Crippen LogP contribution is 2.15. The second kappa shape index (κ2) is 10.8. The van der Waals surface area contributed by atoms with Gasteiger partial charge in [0.1, 0.15) is 0 Å². The molecule has 25 heavy (non-hydrogen) atoms. The Kier molecular flexibility index (Phi) is 8.42. The fourth-order valence-electron chi connectivity index (χ4n) is 2.90. The summed E-state index contributed by atoms with van der Waals surface area (Å²) in [6.07, 6.45) is 5.44. The number of hydrogen-bond donors (Lipinski definition) is 2. The normalized spacial score (nSPS) is 14.8. The van der Waals surface area contributed by atoms with Gasteiger partial charge in [0.05, 0.1) is 6.54 Å². The van der Waals surface area contributed by atoms with Crippen LogP contribution in [0.3, 0.4) is 0 Å². The molecule has 6 heteroatoms. The molecule has 1 aliphatic rings. The zero-order valence-corrected chi connectivity index (χ0v) is 15.1. The fraction of sp³-hybridized carbons (Fsp3) is 0.579. The minimum atomic E-state index is -0.0935. The first kappa shape index (κ1) is 19.4. The van der Waals surface area contributed by atoms with Crippen LogP contribution in [0.2, 0.25) is 0 Å². The highest BCUT2D eigenvalue weighted by atomic mass is 16.5. The molecule has 2 N–H and O–H groups in total. The summed E-state index contributed by atoms with van der Waals surface area (Å²) in [5.41, 5.74) is 1.38. The minimum absolute atomic E-state index is 0.0830. The molecule has 0 aromatic heterocycles. The van der Waals surface area contributed by atoms with Gasteiger partial charge in [-0.1, -0.05) is 12.8 Å². The van der Waals surface area contributed by atoms with Crippen LogP contribution in [0, 0.1) is 0 Å². The molecule has 1 aromatic carbocycles. The van der Waals surface area contributed by atoms with Crippen molar-refractivity contribution in [3.8, 4) is 0 Å². The highest BCUT2D eigenvalue weighted by Gasteiger charge is 2.17. The number of anilines is 1. The number of carbonyl (C=O) groups excluding carboxylic acids is 2. The summed E-state index contributed by atoms with van der Waals surface area (Å²) in [7, 11) is 1.66. The molecule has 6 nitrogen and oxygen atoms in total. The minimum Gasteiger partial charge on any atom is -0.385 e. The Bertz CT molecular complexity index is 537. The summed E-state index contributed by atoms with van der Waals surface area (Å²) in [5.74, 6) is -0.0106. The first-order valence-electron chi connectivity index (χ1n) is 9.09. The number of carbonyl (C=O) groups is 2.